The summed E-state index contributed by atoms with van der Waals surface area (Å²) in [4.78, 5) is 37.3. The predicted octanol–water partition coefficient (Wildman–Crippen LogP) is 7.22. The Balaban J connectivity index is 0.00000449. The van der Waals surface area contributed by atoms with Crippen molar-refractivity contribution in [3.8, 4) is 23.0 Å². The second-order valence-corrected chi connectivity index (χ2v) is 15.5. The Bertz CT molecular complexity index is 2830. The minimum absolute atomic E-state index is 0. The minimum Gasteiger partial charge on any atom is -0.508 e. The van der Waals surface area contributed by atoms with Gasteiger partial charge in [-0.15, -0.1) is 10.2 Å². The predicted molar refractivity (Wildman–Crippen MR) is 233 cm³/mol. The number of phenols is 4. The van der Waals surface area contributed by atoms with E-state index in [4.69, 9.17) is 0 Å². The van der Waals surface area contributed by atoms with Crippen molar-refractivity contribution >= 4 is 143 Å². The molecule has 10 N–H and O–H groups in total. The third kappa shape index (κ3) is 13.4. The molecule has 0 heterocycles. The molecule has 6 aromatic rings. The van der Waals surface area contributed by atoms with Gasteiger partial charge in [-0.05, 0) is 109 Å². The molecule has 6 aromatic carbocycles. The smallest absolute Gasteiger partial charge is 0.323 e. The monoisotopic (exact) mass is 928 g/mol. The van der Waals surface area contributed by atoms with Crippen LogP contribution in [0, 0.1) is 0 Å². The summed E-state index contributed by atoms with van der Waals surface area (Å²) in [6, 6.07) is 23.6. The zero-order valence-corrected chi connectivity index (χ0v) is 38.8. The first-order valence-corrected chi connectivity index (χ1v) is 20.2. The van der Waals surface area contributed by atoms with Crippen LogP contribution in [0.15, 0.2) is 152 Å². The molecule has 0 unspecified atom stereocenters. The van der Waals surface area contributed by atoms with Crippen LogP contribution in [0.3, 0.4) is 0 Å². The number of benzene rings is 6. The maximum atomic E-state index is 13.0. The van der Waals surface area contributed by atoms with Crippen LogP contribution < -0.4 is 21.3 Å². The fourth-order valence-corrected chi connectivity index (χ4v) is 6.64. The van der Waals surface area contributed by atoms with E-state index in [1.54, 1.807) is 0 Å². The van der Waals surface area contributed by atoms with Crippen molar-refractivity contribution in [3.05, 3.63) is 132 Å². The summed E-state index contributed by atoms with van der Waals surface area (Å²) >= 11 is 0. The second kappa shape index (κ2) is 21.4. The van der Waals surface area contributed by atoms with Crippen molar-refractivity contribution < 1.29 is 60.8 Å². The van der Waals surface area contributed by atoms with Crippen LogP contribution in [0.5, 0.6) is 23.0 Å². The molecule has 0 aliphatic rings. The van der Waals surface area contributed by atoms with Gasteiger partial charge < -0.3 is 41.7 Å². The maximum absolute atomic E-state index is 13.0. The molecule has 21 nitrogen and oxygen atoms in total. The summed E-state index contributed by atoms with van der Waals surface area (Å²) in [6.45, 7) is 0. The molecule has 318 valence electrons. The zero-order chi connectivity index (χ0) is 44.8. The van der Waals surface area contributed by atoms with Gasteiger partial charge in [-0.1, -0.05) is 0 Å². The third-order valence-electron chi connectivity index (χ3n) is 8.25. The Kier molecular flexibility index (Phi) is 16.9. The summed E-state index contributed by atoms with van der Waals surface area (Å²) in [7, 11) is -10.0. The summed E-state index contributed by atoms with van der Waals surface area (Å²) < 4.78 is 69.1. The van der Waals surface area contributed by atoms with E-state index in [0.717, 1.165) is 36.4 Å². The van der Waals surface area contributed by atoms with Crippen molar-refractivity contribution in [2.75, 3.05) is 21.3 Å². The largest absolute Gasteiger partial charge is 0.508 e. The number of phenolic OH excluding ortho intramolecular Hbond substituents is 4. The maximum Gasteiger partial charge on any atom is 0.323 e. The standard InChI is InChI=1S/C39H30N8O13S2.2Na/c48-27-11-15-29(33(50)19-27)46-44-23-5-1-21(2-6-23)37(52)42-31-13-9-25(17-35(31)61(55,56)57)40-39(54)41-26-10-14-32(36(18-26)62(58,59)60)43-38(53)22-3-7-24(8-4-22)45-47-30-16-12-28(49)20-34(30)51;;/h1-20,48-51H,(H,42,52)(H,43,53)(H2,40,41,54)(H,55,56,57)(H,58,59,60);;. The first-order valence-electron chi connectivity index (χ1n) is 17.3. The van der Waals surface area contributed by atoms with E-state index in [2.05, 4.69) is 41.7 Å². The number of rotatable bonds is 12. The number of aromatic hydroxyl groups is 4. The third-order valence-corrected chi connectivity index (χ3v) is 10.0. The van der Waals surface area contributed by atoms with Crippen LogP contribution >= 0.6 is 0 Å². The van der Waals surface area contributed by atoms with Crippen LogP contribution in [0.2, 0.25) is 0 Å². The number of hydrogen-bond donors (Lipinski definition) is 10. The number of anilines is 4. The van der Waals surface area contributed by atoms with Gasteiger partial charge in [0.05, 0.1) is 22.7 Å². The molecule has 2 radical (unpaired) electrons. The van der Waals surface area contributed by atoms with Crippen LogP contribution in [0.4, 0.5) is 50.3 Å². The van der Waals surface area contributed by atoms with Crippen LogP contribution in [-0.2, 0) is 20.2 Å². The summed E-state index contributed by atoms with van der Waals surface area (Å²) in [5, 5.41) is 63.5. The first kappa shape index (κ1) is 50.4. The molecule has 0 aromatic heterocycles. The average Bonchev–Trinajstić information content (AvgIpc) is 3.21. The van der Waals surface area contributed by atoms with Crippen molar-refractivity contribution in [1.29, 1.82) is 0 Å². The molecule has 0 aliphatic carbocycles. The van der Waals surface area contributed by atoms with E-state index in [1.165, 1.54) is 84.9 Å². The fraction of sp³-hybridized carbons (Fsp3) is 0. The summed E-state index contributed by atoms with van der Waals surface area (Å²) in [6.07, 6.45) is 0. The Labute approximate surface area is 407 Å². The zero-order valence-electron chi connectivity index (χ0n) is 33.2. The molecule has 25 heteroatoms. The Morgan fingerprint density at radius 3 is 1.12 bits per heavy atom. The van der Waals surface area contributed by atoms with Crippen LogP contribution in [0.25, 0.3) is 0 Å². The van der Waals surface area contributed by atoms with Gasteiger partial charge in [-0.25, -0.2) is 4.79 Å². The van der Waals surface area contributed by atoms with Crippen molar-refractivity contribution in [2.45, 2.75) is 9.79 Å². The first-order chi connectivity index (χ1) is 29.3. The molecular weight excluding hydrogens is 899 g/mol. The van der Waals surface area contributed by atoms with Gasteiger partial charge in [-0.2, -0.15) is 27.1 Å². The fourth-order valence-electron chi connectivity index (χ4n) is 5.29. The van der Waals surface area contributed by atoms with Gasteiger partial charge in [0.1, 0.15) is 44.2 Å². The minimum atomic E-state index is -5.00. The SMILES string of the molecule is O=C(Nc1ccc(NC(=O)c2ccc(N=Nc3ccc(O)cc3O)cc2)c(S(=O)(=O)O)c1)Nc1ccc(NC(=O)c2ccc(N=Nc3ccc(O)cc3O)cc2)c(S(=O)(=O)O)c1.[Na].[Na]. The number of amides is 4. The average molecular weight is 929 g/mol. The molecule has 0 saturated carbocycles. The van der Waals surface area contributed by atoms with Crippen molar-refractivity contribution in [2.24, 2.45) is 20.5 Å². The van der Waals surface area contributed by atoms with Gasteiger partial charge in [-0.3, -0.25) is 18.7 Å². The Hall–Kier alpha value is -6.25. The molecule has 0 spiro atoms. The van der Waals surface area contributed by atoms with Gasteiger partial charge >= 0.3 is 6.03 Å². The van der Waals surface area contributed by atoms with E-state index in [1.807, 2.05) is 0 Å². The van der Waals surface area contributed by atoms with Crippen LogP contribution in [-0.4, -0.2) is 123 Å². The molecule has 0 fully saturated rings. The van der Waals surface area contributed by atoms with Crippen molar-refractivity contribution in [1.82, 2.24) is 0 Å². The molecule has 6 rings (SSSR count). The Morgan fingerprint density at radius 1 is 0.438 bits per heavy atom. The van der Waals surface area contributed by atoms with E-state index in [-0.39, 0.29) is 139 Å². The normalized spacial score (nSPS) is 11.3. The topological polar surface area (TPSA) is 338 Å². The summed E-state index contributed by atoms with van der Waals surface area (Å²) in [5.74, 6) is -2.57. The molecular formula is C39H30N8Na2O13S2. The molecule has 0 aliphatic heterocycles. The van der Waals surface area contributed by atoms with Crippen LogP contribution in [0.1, 0.15) is 20.7 Å². The number of carbonyl (C=O) groups is 3. The van der Waals surface area contributed by atoms with E-state index in [0.29, 0.717) is 0 Å². The number of urea groups is 1. The van der Waals surface area contributed by atoms with E-state index < -0.39 is 47.9 Å². The second-order valence-electron chi connectivity index (χ2n) is 12.7. The molecule has 64 heavy (non-hydrogen) atoms. The molecule has 0 bridgehead atoms. The number of hydrogen-bond acceptors (Lipinski definition) is 15. The molecule has 0 saturated heterocycles. The quantitative estimate of drug-likeness (QED) is 0.0329. The number of nitrogens with one attached hydrogen (secondary N) is 4. The number of azo groups is 2. The van der Waals surface area contributed by atoms with Gasteiger partial charge in [0.15, 0.2) is 0 Å². The van der Waals surface area contributed by atoms with Gasteiger partial charge in [0, 0.05) is 93.7 Å². The number of nitrogens with zero attached hydrogens (tertiary/aromatic N) is 4. The Morgan fingerprint density at radius 2 is 0.797 bits per heavy atom. The molecule has 4 amide bonds. The van der Waals surface area contributed by atoms with E-state index in [9.17, 15) is 60.8 Å². The van der Waals surface area contributed by atoms with Gasteiger partial charge in [0.2, 0.25) is 0 Å². The number of carbonyl (C=O) groups excluding carboxylic acids is 3. The van der Waals surface area contributed by atoms with E-state index >= 15 is 0 Å². The van der Waals surface area contributed by atoms with Crippen molar-refractivity contribution in [3.63, 3.8) is 0 Å². The molecule has 0 atom stereocenters. The van der Waals surface area contributed by atoms with Gasteiger partial charge in [0.25, 0.3) is 32.1 Å². The summed E-state index contributed by atoms with van der Waals surface area (Å²) in [5.41, 5.74) is -0.362.